The largest absolute Gasteiger partial charge is 0.493 e. The molecule has 0 radical (unpaired) electrons. The third-order valence-electron chi connectivity index (χ3n) is 3.71. The summed E-state index contributed by atoms with van der Waals surface area (Å²) in [6.45, 7) is 2.25. The summed E-state index contributed by atoms with van der Waals surface area (Å²) in [4.78, 5) is 16.5. The molecular formula is C18H19N3O3. The van der Waals surface area contributed by atoms with Gasteiger partial charge in [0.25, 0.3) is 5.91 Å². The number of aryl methyl sites for hydroxylation is 1. The van der Waals surface area contributed by atoms with Gasteiger partial charge in [-0.15, -0.1) is 0 Å². The van der Waals surface area contributed by atoms with Crippen LogP contribution in [0.3, 0.4) is 0 Å². The van der Waals surface area contributed by atoms with Gasteiger partial charge in [-0.25, -0.2) is 4.98 Å². The van der Waals surface area contributed by atoms with Gasteiger partial charge in [0.2, 0.25) is 0 Å². The molecule has 3 rings (SSSR count). The van der Waals surface area contributed by atoms with Crippen LogP contribution in [0.1, 0.15) is 11.4 Å². The number of carbonyl (C=O) groups is 1. The summed E-state index contributed by atoms with van der Waals surface area (Å²) in [6, 6.07) is 13.0. The van der Waals surface area contributed by atoms with E-state index in [0.29, 0.717) is 18.0 Å². The first kappa shape index (κ1) is 15.9. The number of rotatable bonds is 6. The summed E-state index contributed by atoms with van der Waals surface area (Å²) in [6.07, 6.45) is 1.93. The molecule has 1 N–H and O–H groups in total. The molecule has 1 amide bonds. The van der Waals surface area contributed by atoms with E-state index in [2.05, 4.69) is 10.3 Å². The second-order valence-corrected chi connectivity index (χ2v) is 5.29. The Morgan fingerprint density at radius 3 is 2.71 bits per heavy atom. The van der Waals surface area contributed by atoms with Crippen molar-refractivity contribution in [3.05, 3.63) is 60.0 Å². The number of fused-ring (bicyclic) bond motifs is 1. The molecule has 0 aliphatic rings. The Kier molecular flexibility index (Phi) is 4.65. The van der Waals surface area contributed by atoms with Crippen molar-refractivity contribution in [1.82, 2.24) is 14.7 Å². The maximum absolute atomic E-state index is 12.1. The third kappa shape index (κ3) is 3.32. The van der Waals surface area contributed by atoms with E-state index in [1.165, 1.54) is 0 Å². The topological polar surface area (TPSA) is 64.9 Å². The molecule has 6 heteroatoms. The molecule has 0 atom stereocenters. The fraction of sp³-hybridized carbons (Fsp3) is 0.222. The van der Waals surface area contributed by atoms with Crippen LogP contribution in [-0.4, -0.2) is 29.0 Å². The zero-order valence-electron chi connectivity index (χ0n) is 13.7. The number of aromatic nitrogens is 2. The zero-order chi connectivity index (χ0) is 16.9. The predicted octanol–water partition coefficient (Wildman–Crippen LogP) is 2.35. The molecule has 2 heterocycles. The van der Waals surface area contributed by atoms with Gasteiger partial charge in [-0.1, -0.05) is 18.2 Å². The number of hydrogen-bond donors (Lipinski definition) is 1. The second kappa shape index (κ2) is 7.04. The number of methoxy groups -OCH3 is 1. The quantitative estimate of drug-likeness (QED) is 0.755. The molecule has 3 aromatic rings. The Balaban J connectivity index is 1.60. The molecule has 1 aromatic carbocycles. The van der Waals surface area contributed by atoms with Crippen molar-refractivity contribution in [3.63, 3.8) is 0 Å². The van der Waals surface area contributed by atoms with E-state index in [4.69, 9.17) is 9.47 Å². The Morgan fingerprint density at radius 2 is 1.92 bits per heavy atom. The Hall–Kier alpha value is -3.02. The van der Waals surface area contributed by atoms with E-state index < -0.39 is 0 Å². The monoisotopic (exact) mass is 325 g/mol. The van der Waals surface area contributed by atoms with E-state index in [-0.39, 0.29) is 12.5 Å². The molecule has 0 fully saturated rings. The summed E-state index contributed by atoms with van der Waals surface area (Å²) in [7, 11) is 1.57. The molecule has 6 nitrogen and oxygen atoms in total. The minimum Gasteiger partial charge on any atom is -0.493 e. The number of nitrogens with zero attached hydrogens (tertiary/aromatic N) is 2. The van der Waals surface area contributed by atoms with Gasteiger partial charge >= 0.3 is 0 Å². The van der Waals surface area contributed by atoms with E-state index in [0.717, 1.165) is 17.0 Å². The number of pyridine rings is 1. The highest BCUT2D eigenvalue weighted by molar-refractivity contribution is 5.77. The van der Waals surface area contributed by atoms with Crippen molar-refractivity contribution in [3.8, 4) is 11.5 Å². The van der Waals surface area contributed by atoms with Gasteiger partial charge in [-0.05, 0) is 31.2 Å². The highest BCUT2D eigenvalue weighted by Crippen LogP contribution is 2.25. The van der Waals surface area contributed by atoms with Crippen LogP contribution in [0, 0.1) is 6.92 Å². The van der Waals surface area contributed by atoms with Gasteiger partial charge in [0.15, 0.2) is 18.1 Å². The predicted molar refractivity (Wildman–Crippen MR) is 90.3 cm³/mol. The van der Waals surface area contributed by atoms with E-state index >= 15 is 0 Å². The Labute approximate surface area is 140 Å². The molecule has 0 aliphatic carbocycles. The molecule has 2 aromatic heterocycles. The lowest BCUT2D eigenvalue weighted by molar-refractivity contribution is -0.123. The number of carbonyl (C=O) groups excluding carboxylic acids is 1. The molecule has 0 aliphatic heterocycles. The summed E-state index contributed by atoms with van der Waals surface area (Å²) in [5, 5.41) is 2.86. The summed E-state index contributed by atoms with van der Waals surface area (Å²) in [5.74, 6) is 0.940. The van der Waals surface area contributed by atoms with Gasteiger partial charge in [-0.3, -0.25) is 4.79 Å². The van der Waals surface area contributed by atoms with Crippen LogP contribution < -0.4 is 14.8 Å². The molecule has 0 saturated carbocycles. The fourth-order valence-corrected chi connectivity index (χ4v) is 2.49. The van der Waals surface area contributed by atoms with Crippen LogP contribution in [0.15, 0.2) is 48.7 Å². The first-order chi connectivity index (χ1) is 11.7. The second-order valence-electron chi connectivity index (χ2n) is 5.29. The number of nitrogens with one attached hydrogen (secondary N) is 1. The van der Waals surface area contributed by atoms with E-state index in [1.807, 2.05) is 47.9 Å². The number of imidazole rings is 1. The van der Waals surface area contributed by atoms with E-state index in [1.54, 1.807) is 19.2 Å². The van der Waals surface area contributed by atoms with E-state index in [9.17, 15) is 4.79 Å². The molecule has 0 saturated heterocycles. The molecule has 24 heavy (non-hydrogen) atoms. The van der Waals surface area contributed by atoms with Crippen LogP contribution in [0.2, 0.25) is 0 Å². The molecule has 0 bridgehead atoms. The molecule has 0 spiro atoms. The lowest BCUT2D eigenvalue weighted by Gasteiger charge is -2.10. The lowest BCUT2D eigenvalue weighted by atomic mass is 10.3. The number of amides is 1. The highest BCUT2D eigenvalue weighted by atomic mass is 16.5. The van der Waals surface area contributed by atoms with Crippen molar-refractivity contribution in [2.75, 3.05) is 13.7 Å². The van der Waals surface area contributed by atoms with Crippen molar-refractivity contribution >= 4 is 11.6 Å². The number of ether oxygens (including phenoxy) is 2. The average molecular weight is 325 g/mol. The number of hydrogen-bond acceptors (Lipinski definition) is 4. The van der Waals surface area contributed by atoms with Crippen LogP contribution >= 0.6 is 0 Å². The average Bonchev–Trinajstić information content (AvgIpc) is 2.93. The molecular weight excluding hydrogens is 306 g/mol. The maximum Gasteiger partial charge on any atom is 0.258 e. The Bertz CT molecular complexity index is 858. The highest BCUT2D eigenvalue weighted by Gasteiger charge is 2.11. The molecule has 0 unspecified atom stereocenters. The van der Waals surface area contributed by atoms with Gasteiger partial charge in [0, 0.05) is 6.20 Å². The number of para-hydroxylation sites is 2. The van der Waals surface area contributed by atoms with Crippen molar-refractivity contribution in [1.29, 1.82) is 0 Å². The van der Waals surface area contributed by atoms with Gasteiger partial charge in [-0.2, -0.15) is 0 Å². The van der Waals surface area contributed by atoms with Crippen LogP contribution in [0.5, 0.6) is 11.5 Å². The van der Waals surface area contributed by atoms with Crippen LogP contribution in [0.25, 0.3) is 5.65 Å². The van der Waals surface area contributed by atoms with Crippen LogP contribution in [0.4, 0.5) is 0 Å². The van der Waals surface area contributed by atoms with Crippen molar-refractivity contribution in [2.24, 2.45) is 0 Å². The summed E-state index contributed by atoms with van der Waals surface area (Å²) in [5.41, 5.74) is 2.72. The SMILES string of the molecule is COc1ccccc1OCC(=O)NCc1c(C)nc2ccccn12. The minimum absolute atomic E-state index is 0.0733. The Morgan fingerprint density at radius 1 is 1.17 bits per heavy atom. The normalized spacial score (nSPS) is 10.6. The summed E-state index contributed by atoms with van der Waals surface area (Å²) >= 11 is 0. The summed E-state index contributed by atoms with van der Waals surface area (Å²) < 4.78 is 12.7. The van der Waals surface area contributed by atoms with Crippen molar-refractivity contribution in [2.45, 2.75) is 13.5 Å². The van der Waals surface area contributed by atoms with Gasteiger partial charge in [0.1, 0.15) is 5.65 Å². The van der Waals surface area contributed by atoms with Gasteiger partial charge < -0.3 is 19.2 Å². The van der Waals surface area contributed by atoms with Gasteiger partial charge in [0.05, 0.1) is 25.0 Å². The minimum atomic E-state index is -0.203. The first-order valence-electron chi connectivity index (χ1n) is 7.64. The fourth-order valence-electron chi connectivity index (χ4n) is 2.49. The smallest absolute Gasteiger partial charge is 0.258 e. The molecule has 124 valence electrons. The van der Waals surface area contributed by atoms with Crippen LogP contribution in [-0.2, 0) is 11.3 Å². The maximum atomic E-state index is 12.1. The lowest BCUT2D eigenvalue weighted by Crippen LogP contribution is -2.29. The van der Waals surface area contributed by atoms with Crippen molar-refractivity contribution < 1.29 is 14.3 Å². The number of benzene rings is 1. The zero-order valence-corrected chi connectivity index (χ0v) is 13.7. The first-order valence-corrected chi connectivity index (χ1v) is 7.64. The third-order valence-corrected chi connectivity index (χ3v) is 3.71. The standard InChI is InChI=1S/C18H19N3O3/c1-13-14(21-10-6-5-9-17(21)20-13)11-19-18(22)12-24-16-8-4-3-7-15(16)23-2/h3-10H,11-12H2,1-2H3,(H,19,22).